The summed E-state index contributed by atoms with van der Waals surface area (Å²) in [6, 6.07) is 5.43. The number of nitrogens with one attached hydrogen (secondary N) is 1. The monoisotopic (exact) mass is 458 g/mol. The lowest BCUT2D eigenvalue weighted by atomic mass is 9.99. The van der Waals surface area contributed by atoms with E-state index in [-0.39, 0.29) is 11.5 Å². The molecule has 2 aromatic rings. The third kappa shape index (κ3) is 5.36. The smallest absolute Gasteiger partial charge is 0.267 e. The second kappa shape index (κ2) is 10.9. The van der Waals surface area contributed by atoms with E-state index in [1.54, 1.807) is 29.3 Å². The Morgan fingerprint density at radius 2 is 2.03 bits per heavy atom. The highest BCUT2D eigenvalue weighted by Crippen LogP contribution is 2.34. The molecule has 0 spiro atoms. The molecule has 0 bridgehead atoms. The van der Waals surface area contributed by atoms with Crippen molar-refractivity contribution >= 4 is 51.7 Å². The third-order valence-electron chi connectivity index (χ3n) is 5.44. The summed E-state index contributed by atoms with van der Waals surface area (Å²) in [5.74, 6) is 0.804. The molecule has 31 heavy (non-hydrogen) atoms. The first-order chi connectivity index (χ1) is 15.0. The van der Waals surface area contributed by atoms with Gasteiger partial charge in [0.15, 0.2) is 0 Å². The lowest BCUT2D eigenvalue weighted by molar-refractivity contribution is -0.122. The van der Waals surface area contributed by atoms with Crippen LogP contribution in [0.15, 0.2) is 34.1 Å². The summed E-state index contributed by atoms with van der Waals surface area (Å²) in [5.41, 5.74) is 0.747. The molecule has 1 N–H and O–H groups in total. The Morgan fingerprint density at radius 1 is 1.23 bits per heavy atom. The highest BCUT2D eigenvalue weighted by molar-refractivity contribution is 8.26. The molecule has 1 saturated heterocycles. The van der Waals surface area contributed by atoms with Crippen molar-refractivity contribution in [3.8, 4) is 0 Å². The van der Waals surface area contributed by atoms with E-state index in [9.17, 15) is 9.59 Å². The summed E-state index contributed by atoms with van der Waals surface area (Å²) in [6.45, 7) is 7.70. The summed E-state index contributed by atoms with van der Waals surface area (Å²) < 4.78 is 2.06. The summed E-state index contributed by atoms with van der Waals surface area (Å²) >= 11 is 6.78. The number of pyridine rings is 1. The van der Waals surface area contributed by atoms with Gasteiger partial charge in [-0.25, -0.2) is 4.98 Å². The summed E-state index contributed by atoms with van der Waals surface area (Å²) in [5, 5.41) is 3.24. The van der Waals surface area contributed by atoms with E-state index >= 15 is 0 Å². The Hall–Kier alpha value is -2.19. The van der Waals surface area contributed by atoms with Crippen LogP contribution in [0.3, 0.4) is 0 Å². The second-order valence-electron chi connectivity index (χ2n) is 7.74. The standard InChI is InChI=1S/C23H30N4O2S2/c1-4-7-10-16(6-3)15-27-22(29)18(31-23(27)30)14-17-20(24-12-5-2)25-19-11-8-9-13-26(19)21(17)28/h8-9,11,13-14,16,24H,4-7,10,12,15H2,1-3H3/b18-14+. The highest BCUT2D eigenvalue weighted by atomic mass is 32.2. The van der Waals surface area contributed by atoms with E-state index in [0.29, 0.717) is 45.3 Å². The van der Waals surface area contributed by atoms with Gasteiger partial charge in [-0.2, -0.15) is 0 Å². The van der Waals surface area contributed by atoms with E-state index in [1.165, 1.54) is 16.2 Å². The average Bonchev–Trinajstić information content (AvgIpc) is 3.04. The molecular formula is C23H30N4O2S2. The van der Waals surface area contributed by atoms with Gasteiger partial charge in [0, 0.05) is 19.3 Å². The molecule has 1 atom stereocenters. The molecule has 1 aliphatic heterocycles. The maximum atomic E-state index is 13.2. The predicted octanol–water partition coefficient (Wildman–Crippen LogP) is 4.93. The molecule has 6 nitrogen and oxygen atoms in total. The van der Waals surface area contributed by atoms with Crippen LogP contribution in [-0.2, 0) is 4.79 Å². The number of aromatic nitrogens is 2. The molecule has 1 unspecified atom stereocenters. The van der Waals surface area contributed by atoms with Crippen LogP contribution >= 0.6 is 24.0 Å². The first-order valence-electron chi connectivity index (χ1n) is 11.0. The number of carbonyl (C=O) groups is 1. The van der Waals surface area contributed by atoms with E-state index < -0.39 is 0 Å². The zero-order valence-corrected chi connectivity index (χ0v) is 20.0. The van der Waals surface area contributed by atoms with Crippen molar-refractivity contribution in [1.29, 1.82) is 0 Å². The van der Waals surface area contributed by atoms with Gasteiger partial charge in [0.05, 0.1) is 10.5 Å². The molecule has 1 fully saturated rings. The average molecular weight is 459 g/mol. The van der Waals surface area contributed by atoms with Gasteiger partial charge < -0.3 is 5.32 Å². The Labute approximate surface area is 193 Å². The largest absolute Gasteiger partial charge is 0.369 e. The predicted molar refractivity (Wildman–Crippen MR) is 133 cm³/mol. The normalized spacial score (nSPS) is 16.5. The van der Waals surface area contributed by atoms with Gasteiger partial charge >= 0.3 is 0 Å². The fourth-order valence-corrected chi connectivity index (χ4v) is 4.83. The minimum Gasteiger partial charge on any atom is -0.369 e. The van der Waals surface area contributed by atoms with Gasteiger partial charge in [-0.3, -0.25) is 18.9 Å². The van der Waals surface area contributed by atoms with Gasteiger partial charge in [-0.05, 0) is 37.0 Å². The summed E-state index contributed by atoms with van der Waals surface area (Å²) in [6.07, 6.45) is 8.63. The zero-order valence-electron chi connectivity index (χ0n) is 18.4. The number of thioether (sulfide) groups is 1. The molecule has 2 aromatic heterocycles. The number of hydrogen-bond donors (Lipinski definition) is 1. The van der Waals surface area contributed by atoms with Crippen LogP contribution in [0.25, 0.3) is 11.7 Å². The van der Waals surface area contributed by atoms with Crippen molar-refractivity contribution in [2.24, 2.45) is 5.92 Å². The number of nitrogens with zero attached hydrogens (tertiary/aromatic N) is 3. The van der Waals surface area contributed by atoms with Crippen molar-refractivity contribution in [2.75, 3.05) is 18.4 Å². The van der Waals surface area contributed by atoms with Gasteiger partial charge in [0.1, 0.15) is 15.8 Å². The highest BCUT2D eigenvalue weighted by Gasteiger charge is 2.33. The molecule has 0 aliphatic carbocycles. The quantitative estimate of drug-likeness (QED) is 0.402. The maximum absolute atomic E-state index is 13.2. The molecular weight excluding hydrogens is 428 g/mol. The van der Waals surface area contributed by atoms with Crippen LogP contribution < -0.4 is 10.9 Å². The van der Waals surface area contributed by atoms with E-state index in [1.807, 2.05) is 13.0 Å². The van der Waals surface area contributed by atoms with Crippen molar-refractivity contribution in [3.05, 3.63) is 45.2 Å². The molecule has 3 rings (SSSR count). The van der Waals surface area contributed by atoms with Crippen molar-refractivity contribution in [2.45, 2.75) is 52.9 Å². The minimum atomic E-state index is -0.205. The Morgan fingerprint density at radius 3 is 2.74 bits per heavy atom. The number of thiocarbonyl (C=S) groups is 1. The number of fused-ring (bicyclic) bond motifs is 1. The van der Waals surface area contributed by atoms with Gasteiger partial charge in [-0.1, -0.05) is 70.1 Å². The Kier molecular flexibility index (Phi) is 8.26. The van der Waals surface area contributed by atoms with E-state index in [4.69, 9.17) is 12.2 Å². The van der Waals surface area contributed by atoms with Crippen molar-refractivity contribution in [3.63, 3.8) is 0 Å². The van der Waals surface area contributed by atoms with E-state index in [0.717, 1.165) is 32.1 Å². The minimum absolute atomic E-state index is 0.121. The molecule has 1 aliphatic rings. The van der Waals surface area contributed by atoms with Crippen LogP contribution in [0, 0.1) is 5.92 Å². The lowest BCUT2D eigenvalue weighted by Crippen LogP contribution is -2.33. The molecule has 3 heterocycles. The summed E-state index contributed by atoms with van der Waals surface area (Å²) in [4.78, 5) is 33.1. The zero-order chi connectivity index (χ0) is 22.4. The molecule has 0 radical (unpaired) electrons. The maximum Gasteiger partial charge on any atom is 0.267 e. The molecule has 0 aromatic carbocycles. The Bertz CT molecular complexity index is 1050. The number of anilines is 1. The van der Waals surface area contributed by atoms with E-state index in [2.05, 4.69) is 24.1 Å². The topological polar surface area (TPSA) is 66.7 Å². The summed E-state index contributed by atoms with van der Waals surface area (Å²) in [7, 11) is 0. The van der Waals surface area contributed by atoms with Crippen molar-refractivity contribution < 1.29 is 4.79 Å². The lowest BCUT2D eigenvalue weighted by Gasteiger charge is -2.21. The molecule has 166 valence electrons. The first-order valence-corrected chi connectivity index (χ1v) is 12.2. The first kappa shape index (κ1) is 23.5. The SMILES string of the molecule is CCCCC(CC)CN1C(=O)/C(=C\c2c(NCCC)nc3ccccn3c2=O)SC1=S. The van der Waals surface area contributed by atoms with Gasteiger partial charge in [-0.15, -0.1) is 0 Å². The number of carbonyl (C=O) groups excluding carboxylic acids is 1. The fourth-order valence-electron chi connectivity index (χ4n) is 3.57. The van der Waals surface area contributed by atoms with Gasteiger partial charge in [0.25, 0.3) is 11.5 Å². The molecule has 0 saturated carbocycles. The number of amides is 1. The fraction of sp³-hybridized carbons (Fsp3) is 0.478. The third-order valence-corrected chi connectivity index (χ3v) is 6.82. The van der Waals surface area contributed by atoms with Gasteiger partial charge in [0.2, 0.25) is 0 Å². The Balaban J connectivity index is 1.95. The number of unbranched alkanes of at least 4 members (excludes halogenated alkanes) is 1. The molecule has 8 heteroatoms. The number of hydrogen-bond acceptors (Lipinski definition) is 6. The van der Waals surface area contributed by atoms with Crippen LogP contribution in [0.1, 0.15) is 58.4 Å². The molecule has 1 amide bonds. The van der Waals surface area contributed by atoms with Crippen LogP contribution in [0.4, 0.5) is 5.82 Å². The van der Waals surface area contributed by atoms with Crippen molar-refractivity contribution in [1.82, 2.24) is 14.3 Å². The van der Waals surface area contributed by atoms with Crippen LogP contribution in [0.5, 0.6) is 0 Å². The number of rotatable bonds is 10. The van der Waals surface area contributed by atoms with Crippen LogP contribution in [-0.4, -0.2) is 37.6 Å². The van der Waals surface area contributed by atoms with Crippen LogP contribution in [0.2, 0.25) is 0 Å². The second-order valence-corrected chi connectivity index (χ2v) is 9.42.